The van der Waals surface area contributed by atoms with Crippen LogP contribution in [0, 0.1) is 6.92 Å². The number of benzene rings is 1. The number of imidazole rings is 1. The van der Waals surface area contributed by atoms with Crippen molar-refractivity contribution in [2.45, 2.75) is 6.92 Å². The molecule has 0 amide bonds. The van der Waals surface area contributed by atoms with Gasteiger partial charge >= 0.3 is 0 Å². The van der Waals surface area contributed by atoms with E-state index in [0.29, 0.717) is 5.02 Å². The van der Waals surface area contributed by atoms with Crippen molar-refractivity contribution in [2.75, 3.05) is 19.5 Å². The van der Waals surface area contributed by atoms with E-state index in [-0.39, 0.29) is 0 Å². The van der Waals surface area contributed by atoms with Gasteiger partial charge in [0.05, 0.1) is 12.8 Å². The Morgan fingerprint density at radius 1 is 1.41 bits per heavy atom. The van der Waals surface area contributed by atoms with Gasteiger partial charge in [0, 0.05) is 30.5 Å². The minimum Gasteiger partial charge on any atom is -0.495 e. The van der Waals surface area contributed by atoms with Gasteiger partial charge in [-0.15, -0.1) is 0 Å². The van der Waals surface area contributed by atoms with Crippen LogP contribution in [0.25, 0.3) is 5.69 Å². The molecule has 0 fully saturated rings. The number of nitrogens with one attached hydrogen (secondary N) is 1. The van der Waals surface area contributed by atoms with Gasteiger partial charge in [0.15, 0.2) is 0 Å². The van der Waals surface area contributed by atoms with Crippen molar-refractivity contribution in [1.29, 1.82) is 0 Å². The van der Waals surface area contributed by atoms with E-state index in [2.05, 4.69) is 10.3 Å². The van der Waals surface area contributed by atoms with Crippen LogP contribution in [0.2, 0.25) is 5.02 Å². The molecule has 0 spiro atoms. The van der Waals surface area contributed by atoms with Crippen LogP contribution < -0.4 is 10.1 Å². The first-order valence-corrected chi connectivity index (χ1v) is 5.60. The van der Waals surface area contributed by atoms with Crippen LogP contribution in [0.4, 0.5) is 5.95 Å². The zero-order valence-electron chi connectivity index (χ0n) is 9.99. The molecule has 0 bridgehead atoms. The van der Waals surface area contributed by atoms with Gasteiger partial charge in [0.2, 0.25) is 5.95 Å². The molecule has 1 aromatic carbocycles. The summed E-state index contributed by atoms with van der Waals surface area (Å²) in [7, 11) is 3.45. The van der Waals surface area contributed by atoms with E-state index in [1.807, 2.05) is 36.9 Å². The smallest absolute Gasteiger partial charge is 0.207 e. The maximum Gasteiger partial charge on any atom is 0.207 e. The summed E-state index contributed by atoms with van der Waals surface area (Å²) in [6.07, 6.45) is 3.60. The van der Waals surface area contributed by atoms with Gasteiger partial charge in [0.1, 0.15) is 5.75 Å². The fourth-order valence-electron chi connectivity index (χ4n) is 1.68. The van der Waals surface area contributed by atoms with Gasteiger partial charge in [0.25, 0.3) is 0 Å². The van der Waals surface area contributed by atoms with Crippen molar-refractivity contribution < 1.29 is 4.74 Å². The van der Waals surface area contributed by atoms with E-state index in [1.165, 1.54) is 0 Å². The summed E-state index contributed by atoms with van der Waals surface area (Å²) in [4.78, 5) is 4.20. The molecule has 90 valence electrons. The third kappa shape index (κ3) is 2.08. The molecule has 0 aliphatic carbocycles. The van der Waals surface area contributed by atoms with Gasteiger partial charge in [-0.25, -0.2) is 4.98 Å². The summed E-state index contributed by atoms with van der Waals surface area (Å²) >= 11 is 6.08. The number of aromatic nitrogens is 2. The van der Waals surface area contributed by atoms with Gasteiger partial charge in [-0.1, -0.05) is 11.6 Å². The Hall–Kier alpha value is -1.68. The lowest BCUT2D eigenvalue weighted by Gasteiger charge is -2.13. The Labute approximate surface area is 105 Å². The number of hydrogen-bond donors (Lipinski definition) is 1. The lowest BCUT2D eigenvalue weighted by atomic mass is 10.2. The Kier molecular flexibility index (Phi) is 3.24. The van der Waals surface area contributed by atoms with Crippen LogP contribution in [0.5, 0.6) is 5.75 Å². The zero-order chi connectivity index (χ0) is 12.4. The standard InChI is InChI=1S/C12H14ClN3O/c1-8-6-10(11(17-3)7-9(8)13)16-5-4-15-12(16)14-2/h4-7H,1-3H3,(H,14,15). The second-order valence-corrected chi connectivity index (χ2v) is 4.05. The van der Waals surface area contributed by atoms with Gasteiger partial charge in [-0.2, -0.15) is 0 Å². The maximum absolute atomic E-state index is 6.08. The number of anilines is 1. The van der Waals surface area contributed by atoms with Crippen molar-refractivity contribution in [3.8, 4) is 11.4 Å². The molecular formula is C12H14ClN3O. The SMILES string of the molecule is CNc1nccn1-c1cc(C)c(Cl)cc1OC. The zero-order valence-corrected chi connectivity index (χ0v) is 10.7. The predicted molar refractivity (Wildman–Crippen MR) is 69.4 cm³/mol. The molecule has 0 atom stereocenters. The Balaban J connectivity index is 2.62. The summed E-state index contributed by atoms with van der Waals surface area (Å²) in [5.41, 5.74) is 1.91. The summed E-state index contributed by atoms with van der Waals surface area (Å²) in [6.45, 7) is 1.96. The third-order valence-electron chi connectivity index (χ3n) is 2.58. The molecule has 0 saturated carbocycles. The number of methoxy groups -OCH3 is 1. The molecular weight excluding hydrogens is 238 g/mol. The fourth-order valence-corrected chi connectivity index (χ4v) is 1.84. The van der Waals surface area contributed by atoms with E-state index < -0.39 is 0 Å². The molecule has 0 unspecified atom stereocenters. The molecule has 4 nitrogen and oxygen atoms in total. The predicted octanol–water partition coefficient (Wildman–Crippen LogP) is 2.88. The number of aryl methyl sites for hydroxylation is 1. The lowest BCUT2D eigenvalue weighted by Crippen LogP contribution is -2.03. The molecule has 5 heteroatoms. The van der Waals surface area contributed by atoms with Crippen LogP contribution in [0.1, 0.15) is 5.56 Å². The highest BCUT2D eigenvalue weighted by Gasteiger charge is 2.11. The van der Waals surface area contributed by atoms with Gasteiger partial charge < -0.3 is 10.1 Å². The van der Waals surface area contributed by atoms with Gasteiger partial charge in [-0.3, -0.25) is 4.57 Å². The molecule has 2 rings (SSSR count). The first-order chi connectivity index (χ1) is 8.17. The average molecular weight is 252 g/mol. The second kappa shape index (κ2) is 4.67. The van der Waals surface area contributed by atoms with Crippen LogP contribution in [-0.2, 0) is 0 Å². The molecule has 0 radical (unpaired) electrons. The van der Waals surface area contributed by atoms with Crippen molar-refractivity contribution in [3.05, 3.63) is 35.1 Å². The summed E-state index contributed by atoms with van der Waals surface area (Å²) in [6, 6.07) is 3.79. The molecule has 0 aliphatic heterocycles. The number of ether oxygens (including phenoxy) is 1. The molecule has 1 heterocycles. The fraction of sp³-hybridized carbons (Fsp3) is 0.250. The number of nitrogens with zero attached hydrogens (tertiary/aromatic N) is 2. The minimum absolute atomic E-state index is 0.691. The Morgan fingerprint density at radius 2 is 2.18 bits per heavy atom. The van der Waals surface area contributed by atoms with E-state index in [4.69, 9.17) is 16.3 Å². The van der Waals surface area contributed by atoms with Crippen molar-refractivity contribution in [2.24, 2.45) is 0 Å². The van der Waals surface area contributed by atoms with Crippen LogP contribution in [-0.4, -0.2) is 23.7 Å². The van der Waals surface area contributed by atoms with E-state index in [1.54, 1.807) is 13.3 Å². The number of hydrogen-bond acceptors (Lipinski definition) is 3. The molecule has 0 saturated heterocycles. The average Bonchev–Trinajstić information content (AvgIpc) is 2.80. The first-order valence-electron chi connectivity index (χ1n) is 5.23. The lowest BCUT2D eigenvalue weighted by molar-refractivity contribution is 0.413. The highest BCUT2D eigenvalue weighted by Crippen LogP contribution is 2.31. The quantitative estimate of drug-likeness (QED) is 0.912. The summed E-state index contributed by atoms with van der Waals surface area (Å²) in [5, 5.41) is 3.71. The molecule has 1 N–H and O–H groups in total. The maximum atomic E-state index is 6.08. The molecule has 17 heavy (non-hydrogen) atoms. The molecule has 0 aliphatic rings. The van der Waals surface area contributed by atoms with Crippen LogP contribution in [0.3, 0.4) is 0 Å². The minimum atomic E-state index is 0.691. The van der Waals surface area contributed by atoms with Crippen LogP contribution >= 0.6 is 11.6 Å². The van der Waals surface area contributed by atoms with Crippen molar-refractivity contribution >= 4 is 17.5 Å². The van der Waals surface area contributed by atoms with E-state index in [0.717, 1.165) is 22.9 Å². The largest absolute Gasteiger partial charge is 0.495 e. The number of halogens is 1. The van der Waals surface area contributed by atoms with E-state index in [9.17, 15) is 0 Å². The third-order valence-corrected chi connectivity index (χ3v) is 2.99. The first kappa shape index (κ1) is 11.8. The summed E-state index contributed by atoms with van der Waals surface area (Å²) < 4.78 is 7.26. The van der Waals surface area contributed by atoms with Crippen molar-refractivity contribution in [3.63, 3.8) is 0 Å². The van der Waals surface area contributed by atoms with Crippen LogP contribution in [0.15, 0.2) is 24.5 Å². The monoisotopic (exact) mass is 251 g/mol. The highest BCUT2D eigenvalue weighted by atomic mass is 35.5. The topological polar surface area (TPSA) is 39.1 Å². The van der Waals surface area contributed by atoms with Crippen molar-refractivity contribution in [1.82, 2.24) is 9.55 Å². The normalized spacial score (nSPS) is 10.4. The summed E-state index contributed by atoms with van der Waals surface area (Å²) in [5.74, 6) is 1.47. The molecule has 1 aromatic heterocycles. The van der Waals surface area contributed by atoms with E-state index >= 15 is 0 Å². The molecule has 2 aromatic rings. The highest BCUT2D eigenvalue weighted by molar-refractivity contribution is 6.31. The Bertz CT molecular complexity index is 537. The van der Waals surface area contributed by atoms with Gasteiger partial charge in [-0.05, 0) is 18.6 Å². The Morgan fingerprint density at radius 3 is 2.82 bits per heavy atom. The number of rotatable bonds is 3. The second-order valence-electron chi connectivity index (χ2n) is 3.64.